The second-order valence-corrected chi connectivity index (χ2v) is 6.74. The zero-order valence-electron chi connectivity index (χ0n) is 11.2. The monoisotopic (exact) mass is 333 g/mol. The van der Waals surface area contributed by atoms with Gasteiger partial charge in [-0.3, -0.25) is 4.79 Å². The minimum atomic E-state index is -3.69. The van der Waals surface area contributed by atoms with Crippen LogP contribution in [0.1, 0.15) is 5.56 Å². The number of piperazine rings is 1. The minimum Gasteiger partial charge on any atom is -0.506 e. The molecule has 1 saturated heterocycles. The minimum absolute atomic E-state index is 0.0327. The van der Waals surface area contributed by atoms with Crippen LogP contribution in [-0.2, 0) is 21.4 Å². The maximum absolute atomic E-state index is 12.1. The Morgan fingerprint density at radius 3 is 2.43 bits per heavy atom. The van der Waals surface area contributed by atoms with Crippen molar-refractivity contribution < 1.29 is 18.3 Å². The molecule has 0 radical (unpaired) electrons. The van der Waals surface area contributed by atoms with Crippen LogP contribution in [0.15, 0.2) is 18.2 Å². The molecule has 9 heteroatoms. The summed E-state index contributed by atoms with van der Waals surface area (Å²) in [6.07, 6.45) is 0.148. The van der Waals surface area contributed by atoms with Gasteiger partial charge in [-0.05, 0) is 17.7 Å². The zero-order chi connectivity index (χ0) is 15.6. The number of halogens is 1. The van der Waals surface area contributed by atoms with Gasteiger partial charge in [0.1, 0.15) is 5.75 Å². The van der Waals surface area contributed by atoms with Crippen LogP contribution in [0.5, 0.6) is 5.75 Å². The highest BCUT2D eigenvalue weighted by atomic mass is 35.5. The Balaban J connectivity index is 1.95. The van der Waals surface area contributed by atoms with Crippen molar-refractivity contribution in [3.05, 3.63) is 28.8 Å². The highest BCUT2D eigenvalue weighted by Gasteiger charge is 2.26. The number of aromatic hydroxyl groups is 1. The fourth-order valence-corrected chi connectivity index (χ4v) is 3.01. The second-order valence-electron chi connectivity index (χ2n) is 4.79. The van der Waals surface area contributed by atoms with E-state index in [1.165, 1.54) is 12.1 Å². The topological polar surface area (TPSA) is 104 Å². The van der Waals surface area contributed by atoms with Crippen molar-refractivity contribution in [1.29, 1.82) is 0 Å². The maximum atomic E-state index is 12.1. The molecule has 0 atom stereocenters. The average Bonchev–Trinajstić information content (AvgIpc) is 2.42. The third kappa shape index (κ3) is 4.07. The number of hydrogen-bond donors (Lipinski definition) is 2. The SMILES string of the molecule is NS(=O)(=O)N1CCN(C(=O)Cc2ccc(O)c(Cl)c2)CC1. The van der Waals surface area contributed by atoms with E-state index < -0.39 is 10.2 Å². The van der Waals surface area contributed by atoms with Crippen molar-refractivity contribution in [2.24, 2.45) is 5.14 Å². The molecule has 1 aromatic carbocycles. The molecule has 1 heterocycles. The molecule has 116 valence electrons. The third-order valence-electron chi connectivity index (χ3n) is 3.32. The summed E-state index contributed by atoms with van der Waals surface area (Å²) in [7, 11) is -3.69. The summed E-state index contributed by atoms with van der Waals surface area (Å²) in [5, 5.41) is 14.6. The molecular formula is C12H16ClN3O4S. The molecule has 1 aliphatic rings. The van der Waals surface area contributed by atoms with Gasteiger partial charge in [-0.2, -0.15) is 12.7 Å². The molecule has 0 saturated carbocycles. The molecule has 0 spiro atoms. The van der Waals surface area contributed by atoms with Crippen molar-refractivity contribution in [1.82, 2.24) is 9.21 Å². The van der Waals surface area contributed by atoms with Crippen LogP contribution in [-0.4, -0.2) is 54.8 Å². The lowest BCUT2D eigenvalue weighted by Crippen LogP contribution is -2.52. The summed E-state index contributed by atoms with van der Waals surface area (Å²) in [6, 6.07) is 4.60. The molecule has 0 aliphatic carbocycles. The van der Waals surface area contributed by atoms with Gasteiger partial charge in [0, 0.05) is 26.2 Å². The van der Waals surface area contributed by atoms with Crippen LogP contribution in [0.4, 0.5) is 0 Å². The number of phenolic OH excluding ortho intramolecular Hbond substituents is 1. The molecule has 0 aromatic heterocycles. The number of nitrogens with zero attached hydrogens (tertiary/aromatic N) is 2. The smallest absolute Gasteiger partial charge is 0.277 e. The normalized spacial score (nSPS) is 17.0. The van der Waals surface area contributed by atoms with Crippen LogP contribution >= 0.6 is 11.6 Å². The Morgan fingerprint density at radius 2 is 1.90 bits per heavy atom. The van der Waals surface area contributed by atoms with E-state index in [2.05, 4.69) is 0 Å². The van der Waals surface area contributed by atoms with Crippen molar-refractivity contribution >= 4 is 27.7 Å². The van der Waals surface area contributed by atoms with Crippen molar-refractivity contribution in [3.63, 3.8) is 0 Å². The summed E-state index contributed by atoms with van der Waals surface area (Å²) >= 11 is 5.79. The lowest BCUT2D eigenvalue weighted by Gasteiger charge is -2.33. The number of amides is 1. The van der Waals surface area contributed by atoms with Gasteiger partial charge in [-0.1, -0.05) is 17.7 Å². The molecular weight excluding hydrogens is 318 g/mol. The van der Waals surface area contributed by atoms with E-state index in [1.807, 2.05) is 0 Å². The lowest BCUT2D eigenvalue weighted by atomic mass is 10.1. The van der Waals surface area contributed by atoms with E-state index in [9.17, 15) is 18.3 Å². The van der Waals surface area contributed by atoms with Crippen LogP contribution in [0.3, 0.4) is 0 Å². The molecule has 1 amide bonds. The Bertz CT molecular complexity index is 642. The van der Waals surface area contributed by atoms with Crippen molar-refractivity contribution in [2.45, 2.75) is 6.42 Å². The van der Waals surface area contributed by atoms with E-state index in [-0.39, 0.29) is 36.2 Å². The van der Waals surface area contributed by atoms with Gasteiger partial charge in [-0.25, -0.2) is 5.14 Å². The number of carbonyl (C=O) groups is 1. The molecule has 0 bridgehead atoms. The number of hydrogen-bond acceptors (Lipinski definition) is 4. The molecule has 0 unspecified atom stereocenters. The Morgan fingerprint density at radius 1 is 1.29 bits per heavy atom. The largest absolute Gasteiger partial charge is 0.506 e. The Kier molecular flexibility index (Phi) is 4.72. The molecule has 3 N–H and O–H groups in total. The van der Waals surface area contributed by atoms with Crippen LogP contribution in [0, 0.1) is 0 Å². The average molecular weight is 334 g/mol. The number of rotatable bonds is 3. The highest BCUT2D eigenvalue weighted by molar-refractivity contribution is 7.86. The van der Waals surface area contributed by atoms with Gasteiger partial charge in [0.05, 0.1) is 11.4 Å². The first-order valence-electron chi connectivity index (χ1n) is 6.30. The molecule has 21 heavy (non-hydrogen) atoms. The van der Waals surface area contributed by atoms with Gasteiger partial charge in [-0.15, -0.1) is 0 Å². The predicted octanol–water partition coefficient (Wildman–Crippen LogP) is -0.0642. The first-order chi connectivity index (χ1) is 9.77. The summed E-state index contributed by atoms with van der Waals surface area (Å²) in [4.78, 5) is 13.7. The van der Waals surface area contributed by atoms with Crippen LogP contribution in [0.2, 0.25) is 5.02 Å². The number of carbonyl (C=O) groups excluding carboxylic acids is 1. The van der Waals surface area contributed by atoms with Gasteiger partial charge in [0.25, 0.3) is 10.2 Å². The van der Waals surface area contributed by atoms with Gasteiger partial charge < -0.3 is 10.0 Å². The maximum Gasteiger partial charge on any atom is 0.277 e. The fraction of sp³-hybridized carbons (Fsp3) is 0.417. The molecule has 1 aliphatic heterocycles. The van der Waals surface area contributed by atoms with Crippen molar-refractivity contribution in [3.8, 4) is 5.75 Å². The predicted molar refractivity (Wildman–Crippen MR) is 78.1 cm³/mol. The standard InChI is InChI=1S/C12H16ClN3O4S/c13-10-7-9(1-2-11(10)17)8-12(18)15-3-5-16(6-4-15)21(14,19)20/h1-2,7,17H,3-6,8H2,(H2,14,19,20). The molecule has 1 fully saturated rings. The Hall–Kier alpha value is -1.35. The van der Waals surface area contributed by atoms with Gasteiger partial charge in [0.15, 0.2) is 0 Å². The number of benzene rings is 1. The molecule has 7 nitrogen and oxygen atoms in total. The summed E-state index contributed by atoms with van der Waals surface area (Å²) in [5.41, 5.74) is 0.691. The summed E-state index contributed by atoms with van der Waals surface area (Å²) in [6.45, 7) is 1.00. The number of nitrogens with two attached hydrogens (primary N) is 1. The second kappa shape index (κ2) is 6.18. The van der Waals surface area contributed by atoms with Gasteiger partial charge in [0.2, 0.25) is 5.91 Å². The van der Waals surface area contributed by atoms with E-state index in [1.54, 1.807) is 11.0 Å². The third-order valence-corrected chi connectivity index (χ3v) is 4.71. The first kappa shape index (κ1) is 16.0. The van der Waals surface area contributed by atoms with E-state index in [0.717, 1.165) is 4.31 Å². The lowest BCUT2D eigenvalue weighted by molar-refractivity contribution is -0.131. The van der Waals surface area contributed by atoms with Gasteiger partial charge >= 0.3 is 0 Å². The first-order valence-corrected chi connectivity index (χ1v) is 8.18. The van der Waals surface area contributed by atoms with E-state index >= 15 is 0 Å². The summed E-state index contributed by atoms with van der Waals surface area (Å²) in [5.74, 6) is -0.152. The number of phenols is 1. The Labute approximate surface area is 128 Å². The molecule has 2 rings (SSSR count). The molecule has 1 aromatic rings. The fourth-order valence-electron chi connectivity index (χ4n) is 2.14. The van der Waals surface area contributed by atoms with E-state index in [4.69, 9.17) is 16.7 Å². The van der Waals surface area contributed by atoms with Crippen molar-refractivity contribution in [2.75, 3.05) is 26.2 Å². The summed E-state index contributed by atoms with van der Waals surface area (Å²) < 4.78 is 23.5. The highest BCUT2D eigenvalue weighted by Crippen LogP contribution is 2.24. The quantitative estimate of drug-likeness (QED) is 0.808. The van der Waals surface area contributed by atoms with E-state index in [0.29, 0.717) is 18.7 Å². The van der Waals surface area contributed by atoms with Crippen LogP contribution < -0.4 is 5.14 Å². The van der Waals surface area contributed by atoms with Crippen LogP contribution in [0.25, 0.3) is 0 Å². The zero-order valence-corrected chi connectivity index (χ0v) is 12.8.